The minimum absolute atomic E-state index is 0.174. The van der Waals surface area contributed by atoms with Gasteiger partial charge in [-0.25, -0.2) is 4.98 Å². The molecule has 1 saturated carbocycles. The van der Waals surface area contributed by atoms with Gasteiger partial charge in [0.2, 0.25) is 5.95 Å². The third-order valence-corrected chi connectivity index (χ3v) is 4.99. The third-order valence-electron chi connectivity index (χ3n) is 4.99. The Bertz CT molecular complexity index is 837. The molecule has 154 valence electrons. The van der Waals surface area contributed by atoms with E-state index in [-0.39, 0.29) is 18.8 Å². The Morgan fingerprint density at radius 2 is 1.97 bits per heavy atom. The Kier molecular flexibility index (Phi) is 7.79. The van der Waals surface area contributed by atoms with Crippen LogP contribution in [-0.2, 0) is 0 Å². The van der Waals surface area contributed by atoms with E-state index in [4.69, 9.17) is 10.1 Å². The summed E-state index contributed by atoms with van der Waals surface area (Å²) in [6, 6.07) is 4.03. The molecular formula is C22H29N5O2. The number of anilines is 2. The van der Waals surface area contributed by atoms with Crippen molar-refractivity contribution in [1.82, 2.24) is 15.0 Å². The number of nitrogens with zero attached hydrogens (tertiary/aromatic N) is 3. The fourth-order valence-electron chi connectivity index (χ4n) is 3.32. The van der Waals surface area contributed by atoms with Crippen molar-refractivity contribution >= 4 is 11.8 Å². The second kappa shape index (κ2) is 10.7. The van der Waals surface area contributed by atoms with Gasteiger partial charge in [-0.3, -0.25) is 4.98 Å². The summed E-state index contributed by atoms with van der Waals surface area (Å²) in [7, 11) is 0. The number of aliphatic hydroxyl groups excluding tert-OH is 2. The van der Waals surface area contributed by atoms with Crippen molar-refractivity contribution in [2.75, 3.05) is 23.8 Å². The first-order chi connectivity index (χ1) is 14.2. The van der Waals surface area contributed by atoms with Crippen LogP contribution in [0.4, 0.5) is 11.8 Å². The van der Waals surface area contributed by atoms with Crippen LogP contribution in [0.15, 0.2) is 24.5 Å². The number of hydrogen-bond donors (Lipinski definition) is 4. The van der Waals surface area contributed by atoms with Gasteiger partial charge in [0.25, 0.3) is 0 Å². The van der Waals surface area contributed by atoms with Crippen LogP contribution in [0.1, 0.15) is 51.0 Å². The van der Waals surface area contributed by atoms with E-state index in [2.05, 4.69) is 39.4 Å². The summed E-state index contributed by atoms with van der Waals surface area (Å²) in [6.07, 6.45) is 8.88. The maximum atomic E-state index is 9.78. The van der Waals surface area contributed by atoms with Gasteiger partial charge in [-0.2, -0.15) is 4.98 Å². The molecule has 1 aliphatic rings. The number of rotatable bonds is 7. The molecule has 4 N–H and O–H groups in total. The van der Waals surface area contributed by atoms with E-state index in [9.17, 15) is 5.11 Å². The molecule has 2 aromatic rings. The smallest absolute Gasteiger partial charge is 0.224 e. The molecule has 3 rings (SSSR count). The predicted molar refractivity (Wildman–Crippen MR) is 115 cm³/mol. The molecule has 0 unspecified atom stereocenters. The van der Waals surface area contributed by atoms with Crippen molar-refractivity contribution in [3.63, 3.8) is 0 Å². The molecule has 7 heteroatoms. The van der Waals surface area contributed by atoms with Crippen molar-refractivity contribution in [3.05, 3.63) is 30.1 Å². The van der Waals surface area contributed by atoms with Gasteiger partial charge in [0.15, 0.2) is 0 Å². The van der Waals surface area contributed by atoms with Gasteiger partial charge in [0.1, 0.15) is 12.4 Å². The largest absolute Gasteiger partial charge is 0.393 e. The standard InChI is InChI=1S/C22H29N5O2/c1-2-3-12-23-22-25-15-19(20-11-6-16(14-24-20)5-4-13-28)21(27-22)26-17-7-9-18(29)10-8-17/h6,11,14-15,17-18,28-29H,2-3,7-10,12-13H2,1H3,(H2,23,25,26,27)/t17-,18-. The van der Waals surface area contributed by atoms with E-state index in [0.717, 1.165) is 67.7 Å². The van der Waals surface area contributed by atoms with Crippen LogP contribution in [0.5, 0.6) is 0 Å². The zero-order chi connectivity index (χ0) is 20.5. The summed E-state index contributed by atoms with van der Waals surface area (Å²) in [5, 5.41) is 25.4. The molecule has 29 heavy (non-hydrogen) atoms. The van der Waals surface area contributed by atoms with E-state index in [1.165, 1.54) is 0 Å². The second-order valence-electron chi connectivity index (χ2n) is 7.28. The van der Waals surface area contributed by atoms with Gasteiger partial charge >= 0.3 is 0 Å². The lowest BCUT2D eigenvalue weighted by Gasteiger charge is -2.27. The Morgan fingerprint density at radius 3 is 2.66 bits per heavy atom. The van der Waals surface area contributed by atoms with E-state index in [0.29, 0.717) is 5.95 Å². The Hall–Kier alpha value is -2.69. The maximum absolute atomic E-state index is 9.78. The van der Waals surface area contributed by atoms with Crippen molar-refractivity contribution < 1.29 is 10.2 Å². The van der Waals surface area contributed by atoms with E-state index in [1.807, 2.05) is 12.1 Å². The van der Waals surface area contributed by atoms with Gasteiger partial charge in [0, 0.05) is 30.5 Å². The van der Waals surface area contributed by atoms with E-state index >= 15 is 0 Å². The zero-order valence-corrected chi connectivity index (χ0v) is 16.9. The number of aromatic nitrogens is 3. The predicted octanol–water partition coefficient (Wildman–Crippen LogP) is 2.81. The van der Waals surface area contributed by atoms with Crippen LogP contribution in [0.25, 0.3) is 11.3 Å². The lowest BCUT2D eigenvalue weighted by Crippen LogP contribution is -2.29. The molecule has 0 bridgehead atoms. The van der Waals surface area contributed by atoms with Gasteiger partial charge < -0.3 is 20.8 Å². The molecule has 1 aliphatic carbocycles. The molecule has 2 aromatic heterocycles. The molecule has 0 aliphatic heterocycles. The number of nitrogens with one attached hydrogen (secondary N) is 2. The molecule has 0 aromatic carbocycles. The van der Waals surface area contributed by atoms with Gasteiger partial charge in [-0.1, -0.05) is 25.2 Å². The van der Waals surface area contributed by atoms with E-state index < -0.39 is 0 Å². The summed E-state index contributed by atoms with van der Waals surface area (Å²) in [5.41, 5.74) is 2.34. The topological polar surface area (TPSA) is 103 Å². The Labute approximate surface area is 172 Å². The fourth-order valence-corrected chi connectivity index (χ4v) is 3.32. The minimum Gasteiger partial charge on any atom is -0.393 e. The third kappa shape index (κ3) is 6.14. The summed E-state index contributed by atoms with van der Waals surface area (Å²) >= 11 is 0. The minimum atomic E-state index is -0.196. The Morgan fingerprint density at radius 1 is 1.14 bits per heavy atom. The maximum Gasteiger partial charge on any atom is 0.224 e. The highest BCUT2D eigenvalue weighted by Crippen LogP contribution is 2.29. The average molecular weight is 396 g/mol. The lowest BCUT2D eigenvalue weighted by molar-refractivity contribution is 0.126. The second-order valence-corrected chi connectivity index (χ2v) is 7.28. The van der Waals surface area contributed by atoms with Crippen LogP contribution in [0.3, 0.4) is 0 Å². The van der Waals surface area contributed by atoms with Crippen molar-refractivity contribution in [1.29, 1.82) is 0 Å². The van der Waals surface area contributed by atoms with Gasteiger partial charge in [-0.05, 0) is 44.2 Å². The Balaban J connectivity index is 1.83. The van der Waals surface area contributed by atoms with Crippen LogP contribution in [-0.4, -0.2) is 50.5 Å². The molecular weight excluding hydrogens is 366 g/mol. The van der Waals surface area contributed by atoms with Crippen molar-refractivity contribution in [3.8, 4) is 23.1 Å². The quantitative estimate of drug-likeness (QED) is 0.422. The molecule has 0 amide bonds. The highest BCUT2D eigenvalue weighted by Gasteiger charge is 2.21. The first kappa shape index (κ1) is 21.0. The van der Waals surface area contributed by atoms with Crippen LogP contribution < -0.4 is 10.6 Å². The fraction of sp³-hybridized carbons (Fsp3) is 0.500. The average Bonchev–Trinajstić information content (AvgIpc) is 2.75. The molecule has 1 fully saturated rings. The summed E-state index contributed by atoms with van der Waals surface area (Å²) in [4.78, 5) is 13.7. The number of unbranched alkanes of at least 4 members (excludes halogenated alkanes) is 1. The van der Waals surface area contributed by atoms with Gasteiger partial charge in [0.05, 0.1) is 17.4 Å². The zero-order valence-electron chi connectivity index (χ0n) is 16.9. The van der Waals surface area contributed by atoms with E-state index in [1.54, 1.807) is 12.4 Å². The van der Waals surface area contributed by atoms with Crippen molar-refractivity contribution in [2.24, 2.45) is 0 Å². The summed E-state index contributed by atoms with van der Waals surface area (Å²) in [6.45, 7) is 2.81. The molecule has 0 radical (unpaired) electrons. The molecule has 0 saturated heterocycles. The number of aliphatic hydroxyl groups is 2. The monoisotopic (exact) mass is 395 g/mol. The number of pyridine rings is 1. The summed E-state index contributed by atoms with van der Waals surface area (Å²) < 4.78 is 0. The van der Waals surface area contributed by atoms with Gasteiger partial charge in [-0.15, -0.1) is 0 Å². The van der Waals surface area contributed by atoms with Crippen LogP contribution >= 0.6 is 0 Å². The van der Waals surface area contributed by atoms with Crippen LogP contribution in [0, 0.1) is 11.8 Å². The highest BCUT2D eigenvalue weighted by atomic mass is 16.3. The first-order valence-corrected chi connectivity index (χ1v) is 10.3. The summed E-state index contributed by atoms with van der Waals surface area (Å²) in [5.74, 6) is 6.83. The lowest BCUT2D eigenvalue weighted by atomic mass is 9.93. The molecule has 0 atom stereocenters. The molecule has 7 nitrogen and oxygen atoms in total. The van der Waals surface area contributed by atoms with Crippen LogP contribution in [0.2, 0.25) is 0 Å². The normalized spacial score (nSPS) is 18.6. The molecule has 0 spiro atoms. The van der Waals surface area contributed by atoms with Crippen molar-refractivity contribution in [2.45, 2.75) is 57.6 Å². The first-order valence-electron chi connectivity index (χ1n) is 10.3. The highest BCUT2D eigenvalue weighted by molar-refractivity contribution is 5.73. The number of hydrogen-bond acceptors (Lipinski definition) is 7. The molecule has 2 heterocycles. The SMILES string of the molecule is CCCCNc1ncc(-c2ccc(C#CCO)cn2)c(N[C@H]2CC[C@H](O)CC2)n1.